The van der Waals surface area contributed by atoms with Gasteiger partial charge in [-0.25, -0.2) is 0 Å². The van der Waals surface area contributed by atoms with Gasteiger partial charge < -0.3 is 10.4 Å². The average molecular weight is 129 g/mol. The van der Waals surface area contributed by atoms with Crippen LogP contribution in [-0.2, 0) is 4.79 Å². The molecule has 1 rings (SSSR count). The Morgan fingerprint density at radius 3 is 2.56 bits per heavy atom. The second-order valence-electron chi connectivity index (χ2n) is 2.54. The van der Waals surface area contributed by atoms with Crippen LogP contribution in [0.15, 0.2) is 0 Å². The van der Waals surface area contributed by atoms with Gasteiger partial charge in [-0.2, -0.15) is 0 Å². The Morgan fingerprint density at radius 2 is 2.33 bits per heavy atom. The first-order valence-electron chi connectivity index (χ1n) is 3.19. The summed E-state index contributed by atoms with van der Waals surface area (Å²) in [5.41, 5.74) is 0. The molecule has 0 aromatic rings. The van der Waals surface area contributed by atoms with Gasteiger partial charge in [-0.3, -0.25) is 4.79 Å². The van der Waals surface area contributed by atoms with E-state index in [-0.39, 0.29) is 6.04 Å². The van der Waals surface area contributed by atoms with Crippen LogP contribution in [0.5, 0.6) is 0 Å². The molecule has 0 spiro atoms. The quantitative estimate of drug-likeness (QED) is 0.532. The van der Waals surface area contributed by atoms with Crippen LogP contribution in [-0.4, -0.2) is 23.2 Å². The predicted octanol–water partition coefficient (Wildman–Crippen LogP) is 0.212. The molecule has 0 amide bonds. The van der Waals surface area contributed by atoms with Crippen molar-refractivity contribution in [1.29, 1.82) is 0 Å². The molecule has 0 bridgehead atoms. The second kappa shape index (κ2) is 2.35. The van der Waals surface area contributed by atoms with Crippen LogP contribution in [0.1, 0.15) is 19.8 Å². The van der Waals surface area contributed by atoms with Gasteiger partial charge in [0.15, 0.2) is 0 Å². The highest BCUT2D eigenvalue weighted by molar-refractivity contribution is 5.73. The van der Waals surface area contributed by atoms with E-state index in [1.807, 2.05) is 6.92 Å². The molecule has 1 aliphatic heterocycles. The molecule has 9 heavy (non-hydrogen) atoms. The number of aliphatic carboxylic acids is 1. The summed E-state index contributed by atoms with van der Waals surface area (Å²) in [6.45, 7) is 2.00. The number of carboxylic acid groups (broad SMARTS) is 1. The van der Waals surface area contributed by atoms with Crippen molar-refractivity contribution in [3.8, 4) is 0 Å². The lowest BCUT2D eigenvalue weighted by molar-refractivity contribution is -0.139. The van der Waals surface area contributed by atoms with Crippen molar-refractivity contribution < 1.29 is 9.90 Å². The van der Waals surface area contributed by atoms with Gasteiger partial charge in [0, 0.05) is 6.04 Å². The molecular formula is C6H11NO2. The van der Waals surface area contributed by atoms with Gasteiger partial charge >= 0.3 is 5.97 Å². The van der Waals surface area contributed by atoms with E-state index in [4.69, 9.17) is 5.11 Å². The fourth-order valence-electron chi connectivity index (χ4n) is 1.12. The molecule has 52 valence electrons. The van der Waals surface area contributed by atoms with Crippen molar-refractivity contribution in [1.82, 2.24) is 5.32 Å². The third-order valence-corrected chi connectivity index (χ3v) is 1.67. The van der Waals surface area contributed by atoms with Crippen molar-refractivity contribution >= 4 is 5.97 Å². The minimum absolute atomic E-state index is 0.292. The number of rotatable bonds is 1. The van der Waals surface area contributed by atoms with Crippen LogP contribution in [0.4, 0.5) is 0 Å². The highest BCUT2D eigenvalue weighted by atomic mass is 16.4. The SMILES string of the molecule is C[C@@H]1CC[C@H](C(=O)O)N1. The molecule has 0 unspecified atom stereocenters. The number of hydrogen-bond acceptors (Lipinski definition) is 2. The first-order valence-corrected chi connectivity index (χ1v) is 3.19. The normalized spacial score (nSPS) is 34.8. The van der Waals surface area contributed by atoms with Gasteiger partial charge in [0.2, 0.25) is 0 Å². The largest absolute Gasteiger partial charge is 0.480 e. The summed E-state index contributed by atoms with van der Waals surface area (Å²) in [5.74, 6) is -0.723. The Hall–Kier alpha value is -0.570. The zero-order chi connectivity index (χ0) is 6.85. The maximum Gasteiger partial charge on any atom is 0.320 e. The molecule has 1 saturated heterocycles. The van der Waals surface area contributed by atoms with Gasteiger partial charge in [0.05, 0.1) is 0 Å². The van der Waals surface area contributed by atoms with E-state index in [1.54, 1.807) is 0 Å². The lowest BCUT2D eigenvalue weighted by Gasteiger charge is -2.03. The van der Waals surface area contributed by atoms with E-state index in [9.17, 15) is 4.79 Å². The van der Waals surface area contributed by atoms with E-state index < -0.39 is 5.97 Å². The maximum atomic E-state index is 10.3. The van der Waals surface area contributed by atoms with Crippen LogP contribution < -0.4 is 5.32 Å². The fraction of sp³-hybridized carbons (Fsp3) is 0.833. The summed E-state index contributed by atoms with van der Waals surface area (Å²) in [7, 11) is 0. The predicted molar refractivity (Wildman–Crippen MR) is 33.3 cm³/mol. The summed E-state index contributed by atoms with van der Waals surface area (Å²) in [6.07, 6.45) is 1.76. The summed E-state index contributed by atoms with van der Waals surface area (Å²) >= 11 is 0. The highest BCUT2D eigenvalue weighted by Gasteiger charge is 2.25. The topological polar surface area (TPSA) is 49.3 Å². The average Bonchev–Trinajstić information content (AvgIpc) is 2.14. The molecule has 0 saturated carbocycles. The number of carboxylic acids is 1. The summed E-state index contributed by atoms with van der Waals surface area (Å²) in [6, 6.07) is 0.0890. The Bertz CT molecular complexity index is 124. The lowest BCUT2D eigenvalue weighted by Crippen LogP contribution is -2.33. The molecule has 1 heterocycles. The van der Waals surface area contributed by atoms with Gasteiger partial charge in [0.25, 0.3) is 0 Å². The van der Waals surface area contributed by atoms with Crippen LogP contribution >= 0.6 is 0 Å². The zero-order valence-electron chi connectivity index (χ0n) is 5.42. The number of carbonyl (C=O) groups is 1. The van der Waals surface area contributed by atoms with Crippen LogP contribution in [0.25, 0.3) is 0 Å². The van der Waals surface area contributed by atoms with Crippen molar-refractivity contribution in [3.05, 3.63) is 0 Å². The molecule has 0 radical (unpaired) electrons. The maximum absolute atomic E-state index is 10.3. The van der Waals surface area contributed by atoms with E-state index >= 15 is 0 Å². The highest BCUT2D eigenvalue weighted by Crippen LogP contribution is 2.10. The Balaban J connectivity index is 2.39. The monoisotopic (exact) mass is 129 g/mol. The number of hydrogen-bond donors (Lipinski definition) is 2. The smallest absolute Gasteiger partial charge is 0.320 e. The Morgan fingerprint density at radius 1 is 1.67 bits per heavy atom. The van der Waals surface area contributed by atoms with Crippen LogP contribution in [0.3, 0.4) is 0 Å². The standard InChI is InChI=1S/C6H11NO2/c1-4-2-3-5(7-4)6(8)9/h4-5,7H,2-3H2,1H3,(H,8,9)/t4-,5-/m1/s1. The van der Waals surface area contributed by atoms with E-state index in [0.717, 1.165) is 12.8 Å². The molecular weight excluding hydrogens is 118 g/mol. The molecule has 3 heteroatoms. The Labute approximate surface area is 54.1 Å². The first-order chi connectivity index (χ1) is 4.20. The second-order valence-corrected chi connectivity index (χ2v) is 2.54. The summed E-state index contributed by atoms with van der Waals surface area (Å²) in [4.78, 5) is 10.3. The number of nitrogens with one attached hydrogen (secondary N) is 1. The van der Waals surface area contributed by atoms with Gasteiger partial charge in [0.1, 0.15) is 6.04 Å². The van der Waals surface area contributed by atoms with Gasteiger partial charge in [-0.05, 0) is 19.8 Å². The molecule has 0 aliphatic carbocycles. The molecule has 2 N–H and O–H groups in total. The third kappa shape index (κ3) is 1.42. The molecule has 1 fully saturated rings. The molecule has 1 aliphatic rings. The molecule has 0 aromatic carbocycles. The zero-order valence-corrected chi connectivity index (χ0v) is 5.42. The third-order valence-electron chi connectivity index (χ3n) is 1.67. The minimum Gasteiger partial charge on any atom is -0.480 e. The van der Waals surface area contributed by atoms with Crippen molar-refractivity contribution in [3.63, 3.8) is 0 Å². The minimum atomic E-state index is -0.723. The lowest BCUT2D eigenvalue weighted by atomic mass is 10.2. The van der Waals surface area contributed by atoms with E-state index in [1.165, 1.54) is 0 Å². The van der Waals surface area contributed by atoms with Crippen molar-refractivity contribution in [2.45, 2.75) is 31.8 Å². The summed E-state index contributed by atoms with van der Waals surface area (Å²) in [5, 5.41) is 11.4. The van der Waals surface area contributed by atoms with Crippen molar-refractivity contribution in [2.75, 3.05) is 0 Å². The summed E-state index contributed by atoms with van der Waals surface area (Å²) < 4.78 is 0. The van der Waals surface area contributed by atoms with Gasteiger partial charge in [-0.15, -0.1) is 0 Å². The van der Waals surface area contributed by atoms with Crippen LogP contribution in [0, 0.1) is 0 Å². The molecule has 2 atom stereocenters. The first kappa shape index (κ1) is 6.55. The molecule has 0 aromatic heterocycles. The molecule has 3 nitrogen and oxygen atoms in total. The Kier molecular flexibility index (Phi) is 1.71. The van der Waals surface area contributed by atoms with Crippen molar-refractivity contribution in [2.24, 2.45) is 0 Å². The van der Waals surface area contributed by atoms with Gasteiger partial charge in [-0.1, -0.05) is 0 Å². The fourth-order valence-corrected chi connectivity index (χ4v) is 1.12. The van der Waals surface area contributed by atoms with E-state index in [0.29, 0.717) is 6.04 Å². The van der Waals surface area contributed by atoms with Crippen LogP contribution in [0.2, 0.25) is 0 Å². The van der Waals surface area contributed by atoms with E-state index in [2.05, 4.69) is 5.32 Å².